The van der Waals surface area contributed by atoms with Gasteiger partial charge in [0, 0.05) is 18.2 Å². The molecule has 1 heterocycles. The normalized spacial score (nSPS) is 12.5. The Morgan fingerprint density at radius 2 is 2.05 bits per heavy atom. The monoisotopic (exact) mass is 299 g/mol. The van der Waals surface area contributed by atoms with Crippen LogP contribution in [0.25, 0.3) is 6.08 Å². The van der Waals surface area contributed by atoms with Gasteiger partial charge in [-0.25, -0.2) is 0 Å². The van der Waals surface area contributed by atoms with Crippen molar-refractivity contribution >= 4 is 12.0 Å². The molecule has 4 nitrogen and oxygen atoms in total. The van der Waals surface area contributed by atoms with Crippen molar-refractivity contribution in [1.82, 2.24) is 5.32 Å². The van der Waals surface area contributed by atoms with Gasteiger partial charge in [0.25, 0.3) is 0 Å². The second-order valence-corrected chi connectivity index (χ2v) is 5.21. The zero-order valence-corrected chi connectivity index (χ0v) is 12.9. The first-order valence-corrected chi connectivity index (χ1v) is 7.32. The van der Waals surface area contributed by atoms with Gasteiger partial charge in [-0.2, -0.15) is 0 Å². The number of rotatable bonds is 6. The third-order valence-electron chi connectivity index (χ3n) is 3.38. The molecule has 0 saturated carbocycles. The number of nitrogens with one attached hydrogen (secondary N) is 1. The number of furan rings is 1. The highest BCUT2D eigenvalue weighted by molar-refractivity contribution is 5.91. The highest BCUT2D eigenvalue weighted by Gasteiger charge is 2.14. The van der Waals surface area contributed by atoms with Crippen molar-refractivity contribution in [3.8, 4) is 0 Å². The quantitative estimate of drug-likeness (QED) is 0.805. The minimum Gasteiger partial charge on any atom is -0.466 e. The average molecular weight is 299 g/mol. The van der Waals surface area contributed by atoms with Crippen molar-refractivity contribution in [3.05, 3.63) is 65.1 Å². The molecule has 0 radical (unpaired) electrons. The van der Waals surface area contributed by atoms with Gasteiger partial charge in [-0.3, -0.25) is 4.79 Å². The molecule has 0 aliphatic rings. The molecule has 2 rings (SSSR count). The smallest absolute Gasteiger partial charge is 0.244 e. The fourth-order valence-electron chi connectivity index (χ4n) is 2.26. The van der Waals surface area contributed by atoms with Crippen LogP contribution in [0.15, 0.2) is 46.9 Å². The highest BCUT2D eigenvalue weighted by atomic mass is 16.3. The molecule has 1 aromatic carbocycles. The largest absolute Gasteiger partial charge is 0.466 e. The predicted molar refractivity (Wildman–Crippen MR) is 86.2 cm³/mol. The van der Waals surface area contributed by atoms with Crippen LogP contribution in [-0.2, 0) is 4.79 Å². The summed E-state index contributed by atoms with van der Waals surface area (Å²) in [5, 5.41) is 12.9. The van der Waals surface area contributed by atoms with Crippen LogP contribution < -0.4 is 5.32 Å². The number of carbonyl (C=O) groups is 1. The summed E-state index contributed by atoms with van der Waals surface area (Å²) in [6.45, 7) is 4.08. The Labute approximate surface area is 130 Å². The first kappa shape index (κ1) is 16.0. The summed E-state index contributed by atoms with van der Waals surface area (Å²) in [7, 11) is 0. The molecule has 1 unspecified atom stereocenters. The number of amides is 1. The second-order valence-electron chi connectivity index (χ2n) is 5.21. The Bertz CT molecular complexity index is 644. The fourth-order valence-corrected chi connectivity index (χ4v) is 2.26. The van der Waals surface area contributed by atoms with E-state index in [1.54, 1.807) is 6.08 Å². The molecular formula is C18H21NO3. The molecule has 0 aliphatic heterocycles. The summed E-state index contributed by atoms with van der Waals surface area (Å²) in [5.41, 5.74) is 1.76. The first-order chi connectivity index (χ1) is 10.6. The average Bonchev–Trinajstić information content (AvgIpc) is 2.85. The lowest BCUT2D eigenvalue weighted by Gasteiger charge is -2.09. The summed E-state index contributed by atoms with van der Waals surface area (Å²) in [6, 6.07) is 11.5. The van der Waals surface area contributed by atoms with E-state index in [4.69, 9.17) is 4.42 Å². The molecule has 1 aromatic heterocycles. The van der Waals surface area contributed by atoms with Crippen LogP contribution in [0.5, 0.6) is 0 Å². The van der Waals surface area contributed by atoms with E-state index in [9.17, 15) is 9.90 Å². The highest BCUT2D eigenvalue weighted by Crippen LogP contribution is 2.23. The van der Waals surface area contributed by atoms with Crippen LogP contribution in [0.1, 0.15) is 35.2 Å². The van der Waals surface area contributed by atoms with E-state index in [-0.39, 0.29) is 5.91 Å². The lowest BCUT2D eigenvalue weighted by Crippen LogP contribution is -2.23. The summed E-state index contributed by atoms with van der Waals surface area (Å²) < 4.78 is 5.39. The van der Waals surface area contributed by atoms with E-state index < -0.39 is 6.10 Å². The van der Waals surface area contributed by atoms with E-state index in [1.165, 1.54) is 6.08 Å². The van der Waals surface area contributed by atoms with Gasteiger partial charge in [0.15, 0.2) is 0 Å². The number of aliphatic hydroxyl groups is 1. The lowest BCUT2D eigenvalue weighted by atomic mass is 10.1. The standard InChI is InChI=1S/C18H21NO3/c1-13-12-16(14(2)22-13)17(20)10-11-19-18(21)9-8-15-6-4-3-5-7-15/h3-9,12,17,20H,10-11H2,1-2H3,(H,19,21)/b9-8+. The maximum atomic E-state index is 11.7. The Kier molecular flexibility index (Phi) is 5.55. The third kappa shape index (κ3) is 4.60. The molecule has 2 N–H and O–H groups in total. The van der Waals surface area contributed by atoms with Crippen molar-refractivity contribution in [2.24, 2.45) is 0 Å². The maximum absolute atomic E-state index is 11.7. The van der Waals surface area contributed by atoms with Crippen LogP contribution in [-0.4, -0.2) is 17.6 Å². The molecule has 0 bridgehead atoms. The summed E-state index contributed by atoms with van der Waals surface area (Å²) in [6.07, 6.45) is 3.07. The van der Waals surface area contributed by atoms with E-state index in [1.807, 2.05) is 50.2 Å². The van der Waals surface area contributed by atoms with Gasteiger partial charge in [0.1, 0.15) is 11.5 Å². The number of hydrogen-bond acceptors (Lipinski definition) is 3. The van der Waals surface area contributed by atoms with Gasteiger partial charge in [0.05, 0.1) is 6.10 Å². The van der Waals surface area contributed by atoms with Gasteiger partial charge < -0.3 is 14.8 Å². The molecule has 0 fully saturated rings. The molecule has 0 aliphatic carbocycles. The van der Waals surface area contributed by atoms with Crippen LogP contribution in [0.4, 0.5) is 0 Å². The second kappa shape index (κ2) is 7.61. The van der Waals surface area contributed by atoms with Crippen molar-refractivity contribution in [1.29, 1.82) is 0 Å². The number of benzene rings is 1. The van der Waals surface area contributed by atoms with Crippen molar-refractivity contribution in [2.75, 3.05) is 6.54 Å². The summed E-state index contributed by atoms with van der Waals surface area (Å²) in [4.78, 5) is 11.7. The Morgan fingerprint density at radius 1 is 1.32 bits per heavy atom. The van der Waals surface area contributed by atoms with E-state index in [0.29, 0.717) is 13.0 Å². The zero-order valence-electron chi connectivity index (χ0n) is 12.9. The molecule has 0 spiro atoms. The van der Waals surface area contributed by atoms with E-state index in [0.717, 1.165) is 22.6 Å². The Morgan fingerprint density at radius 3 is 2.68 bits per heavy atom. The van der Waals surface area contributed by atoms with E-state index in [2.05, 4.69) is 5.32 Å². The van der Waals surface area contributed by atoms with Crippen LogP contribution in [0, 0.1) is 13.8 Å². The predicted octanol–water partition coefficient (Wildman–Crippen LogP) is 3.15. The molecular weight excluding hydrogens is 278 g/mol. The zero-order chi connectivity index (χ0) is 15.9. The first-order valence-electron chi connectivity index (χ1n) is 7.32. The number of carbonyl (C=O) groups excluding carboxylic acids is 1. The molecule has 2 aromatic rings. The molecule has 22 heavy (non-hydrogen) atoms. The Hall–Kier alpha value is -2.33. The van der Waals surface area contributed by atoms with Gasteiger partial charge in [-0.15, -0.1) is 0 Å². The van der Waals surface area contributed by atoms with Crippen molar-refractivity contribution < 1.29 is 14.3 Å². The SMILES string of the molecule is Cc1cc(C(O)CCNC(=O)/C=C/c2ccccc2)c(C)o1. The van der Waals surface area contributed by atoms with E-state index >= 15 is 0 Å². The van der Waals surface area contributed by atoms with Gasteiger partial charge in [-0.1, -0.05) is 30.3 Å². The number of aryl methyl sites for hydroxylation is 2. The van der Waals surface area contributed by atoms with Gasteiger partial charge in [-0.05, 0) is 38.0 Å². The fraction of sp³-hybridized carbons (Fsp3) is 0.278. The maximum Gasteiger partial charge on any atom is 0.244 e. The minimum absolute atomic E-state index is 0.170. The molecule has 1 amide bonds. The van der Waals surface area contributed by atoms with Gasteiger partial charge >= 0.3 is 0 Å². The van der Waals surface area contributed by atoms with Crippen LogP contribution in [0.3, 0.4) is 0 Å². The molecule has 4 heteroatoms. The molecule has 0 saturated heterocycles. The molecule has 1 atom stereocenters. The third-order valence-corrected chi connectivity index (χ3v) is 3.38. The lowest BCUT2D eigenvalue weighted by molar-refractivity contribution is -0.116. The number of aliphatic hydroxyl groups excluding tert-OH is 1. The topological polar surface area (TPSA) is 62.5 Å². The van der Waals surface area contributed by atoms with Crippen LogP contribution >= 0.6 is 0 Å². The van der Waals surface area contributed by atoms with Crippen LogP contribution in [0.2, 0.25) is 0 Å². The van der Waals surface area contributed by atoms with Crippen molar-refractivity contribution in [2.45, 2.75) is 26.4 Å². The number of hydrogen-bond donors (Lipinski definition) is 2. The van der Waals surface area contributed by atoms with Crippen molar-refractivity contribution in [3.63, 3.8) is 0 Å². The molecule has 116 valence electrons. The van der Waals surface area contributed by atoms with Gasteiger partial charge in [0.2, 0.25) is 5.91 Å². The summed E-state index contributed by atoms with van der Waals surface area (Å²) >= 11 is 0. The summed E-state index contributed by atoms with van der Waals surface area (Å²) in [5.74, 6) is 1.33. The minimum atomic E-state index is -0.629. The Balaban J connectivity index is 1.77.